The van der Waals surface area contributed by atoms with E-state index in [0.717, 1.165) is 0 Å². The largest absolute Gasteiger partial charge is 0.491 e. The Labute approximate surface area is 138 Å². The molecule has 8 heteroatoms. The molecule has 0 unspecified atom stereocenters. The highest BCUT2D eigenvalue weighted by Crippen LogP contribution is 2.24. The van der Waals surface area contributed by atoms with E-state index in [4.69, 9.17) is 14.7 Å². The summed E-state index contributed by atoms with van der Waals surface area (Å²) in [4.78, 5) is 14.1. The van der Waals surface area contributed by atoms with Gasteiger partial charge in [-0.25, -0.2) is 0 Å². The first-order valence-corrected chi connectivity index (χ1v) is 7.05. The quantitative estimate of drug-likeness (QED) is 0.609. The van der Waals surface area contributed by atoms with Gasteiger partial charge in [0.1, 0.15) is 30.8 Å². The number of hydrogen-bond donors (Lipinski definition) is 1. The van der Waals surface area contributed by atoms with E-state index in [0.29, 0.717) is 17.0 Å². The summed E-state index contributed by atoms with van der Waals surface area (Å²) in [6.45, 7) is 1.40. The molecular weight excluding hydrogens is 314 g/mol. The monoisotopic (exact) mass is 329 g/mol. The van der Waals surface area contributed by atoms with Gasteiger partial charge in [0.2, 0.25) is 5.75 Å². The van der Waals surface area contributed by atoms with Crippen molar-refractivity contribution in [3.8, 4) is 17.6 Å². The van der Waals surface area contributed by atoms with Crippen LogP contribution in [0.5, 0.6) is 11.5 Å². The van der Waals surface area contributed by atoms with Crippen LogP contribution in [0.3, 0.4) is 0 Å². The minimum atomic E-state index is -0.985. The molecule has 2 rings (SSSR count). The minimum Gasteiger partial charge on any atom is -0.491 e. The molecule has 1 heterocycles. The summed E-state index contributed by atoms with van der Waals surface area (Å²) in [6.07, 6.45) is -0.985. The van der Waals surface area contributed by atoms with Gasteiger partial charge in [-0.15, -0.1) is 0 Å². The number of nitriles is 1. The smallest absolute Gasteiger partial charge is 0.406 e. The lowest BCUT2D eigenvalue weighted by atomic mass is 10.2. The first-order valence-electron chi connectivity index (χ1n) is 7.05. The van der Waals surface area contributed by atoms with E-state index in [1.807, 2.05) is 6.07 Å². The van der Waals surface area contributed by atoms with Gasteiger partial charge in [0.25, 0.3) is 0 Å². The molecule has 0 aliphatic rings. The van der Waals surface area contributed by atoms with Gasteiger partial charge < -0.3 is 24.7 Å². The lowest BCUT2D eigenvalue weighted by Gasteiger charge is -2.13. The van der Waals surface area contributed by atoms with Gasteiger partial charge in [0, 0.05) is 6.92 Å². The summed E-state index contributed by atoms with van der Waals surface area (Å²) in [7, 11) is 0. The predicted octanol–water partition coefficient (Wildman–Crippen LogP) is 1.99. The third-order valence-electron chi connectivity index (χ3n) is 3.01. The molecule has 0 bridgehead atoms. The Morgan fingerprint density at radius 3 is 2.54 bits per heavy atom. The first kappa shape index (κ1) is 17.2. The Morgan fingerprint density at radius 1 is 1.25 bits per heavy atom. The van der Waals surface area contributed by atoms with Crippen molar-refractivity contribution in [3.05, 3.63) is 57.8 Å². The molecule has 0 radical (unpaired) electrons. The van der Waals surface area contributed by atoms with Crippen molar-refractivity contribution in [1.29, 1.82) is 5.26 Å². The summed E-state index contributed by atoms with van der Waals surface area (Å²) >= 11 is 0. The molecule has 0 fully saturated rings. The molecule has 1 aromatic heterocycles. The number of hydrogen-bond acceptors (Lipinski definition) is 7. The third-order valence-corrected chi connectivity index (χ3v) is 3.01. The maximum atomic E-state index is 10.9. The number of ether oxygens (including phenoxy) is 2. The Kier molecular flexibility index (Phi) is 5.65. The van der Waals surface area contributed by atoms with E-state index in [-0.39, 0.29) is 19.0 Å². The zero-order chi connectivity index (χ0) is 17.5. The van der Waals surface area contributed by atoms with Crippen LogP contribution in [0.4, 0.5) is 5.82 Å². The molecule has 24 heavy (non-hydrogen) atoms. The Balaban J connectivity index is 1.88. The van der Waals surface area contributed by atoms with Gasteiger partial charge in [-0.05, 0) is 46.3 Å². The number of pyridine rings is 1. The number of nitrogens with zero attached hydrogens (tertiary/aromatic N) is 3. The molecule has 8 nitrogen and oxygen atoms in total. The van der Waals surface area contributed by atoms with Crippen LogP contribution < -0.4 is 9.47 Å². The molecule has 0 saturated carbocycles. The van der Waals surface area contributed by atoms with Crippen LogP contribution in [-0.4, -0.2) is 34.3 Å². The van der Waals surface area contributed by atoms with Gasteiger partial charge in [-0.1, -0.05) is 0 Å². The van der Waals surface area contributed by atoms with E-state index in [1.165, 1.54) is 6.07 Å². The van der Waals surface area contributed by atoms with Crippen molar-refractivity contribution in [1.82, 2.24) is 4.98 Å². The fourth-order valence-electron chi connectivity index (χ4n) is 1.83. The number of aryl methyl sites for hydroxylation is 1. The van der Waals surface area contributed by atoms with Crippen molar-refractivity contribution in [2.75, 3.05) is 13.2 Å². The number of aliphatic hydroxyl groups excluding tert-OH is 1. The van der Waals surface area contributed by atoms with Crippen LogP contribution in [0, 0.1) is 28.4 Å². The van der Waals surface area contributed by atoms with Crippen LogP contribution in [0.25, 0.3) is 0 Å². The number of rotatable bonds is 7. The number of aliphatic hydroxyl groups is 1. The molecule has 2 aromatic rings. The summed E-state index contributed by atoms with van der Waals surface area (Å²) in [5, 5.41) is 29.5. The molecule has 0 aliphatic heterocycles. The highest BCUT2D eigenvalue weighted by molar-refractivity contribution is 5.40. The van der Waals surface area contributed by atoms with Gasteiger partial charge >= 0.3 is 5.82 Å². The van der Waals surface area contributed by atoms with Gasteiger partial charge in [-0.3, -0.25) is 0 Å². The van der Waals surface area contributed by atoms with Crippen molar-refractivity contribution in [2.45, 2.75) is 13.0 Å². The average molecular weight is 329 g/mol. The first-order chi connectivity index (χ1) is 11.5. The maximum absolute atomic E-state index is 10.9. The number of benzene rings is 1. The summed E-state index contributed by atoms with van der Waals surface area (Å²) in [5.74, 6) is 0.0919. The molecule has 0 aliphatic carbocycles. The van der Waals surface area contributed by atoms with Gasteiger partial charge in [-0.2, -0.15) is 5.26 Å². The van der Waals surface area contributed by atoms with Crippen molar-refractivity contribution >= 4 is 5.82 Å². The van der Waals surface area contributed by atoms with Crippen molar-refractivity contribution in [2.24, 2.45) is 0 Å². The van der Waals surface area contributed by atoms with E-state index < -0.39 is 16.8 Å². The van der Waals surface area contributed by atoms with Crippen molar-refractivity contribution in [3.63, 3.8) is 0 Å². The fourth-order valence-corrected chi connectivity index (χ4v) is 1.83. The molecule has 0 amide bonds. The van der Waals surface area contributed by atoms with E-state index in [9.17, 15) is 15.2 Å². The molecular formula is C16H15N3O5. The highest BCUT2D eigenvalue weighted by atomic mass is 16.6. The topological polar surface area (TPSA) is 119 Å². The Bertz CT molecular complexity index is 755. The fraction of sp³-hybridized carbons (Fsp3) is 0.250. The molecule has 1 aromatic carbocycles. The Hall–Kier alpha value is -3.18. The normalized spacial score (nSPS) is 11.4. The predicted molar refractivity (Wildman–Crippen MR) is 83.8 cm³/mol. The highest BCUT2D eigenvalue weighted by Gasteiger charge is 2.18. The second-order valence-electron chi connectivity index (χ2n) is 4.94. The molecule has 0 spiro atoms. The van der Waals surface area contributed by atoms with Crippen LogP contribution in [0.1, 0.15) is 11.3 Å². The second-order valence-corrected chi connectivity index (χ2v) is 4.94. The number of aromatic nitrogens is 1. The van der Waals surface area contributed by atoms with Crippen LogP contribution in [0.2, 0.25) is 0 Å². The van der Waals surface area contributed by atoms with Crippen molar-refractivity contribution < 1.29 is 19.5 Å². The van der Waals surface area contributed by atoms with Gasteiger partial charge in [0.15, 0.2) is 0 Å². The summed E-state index contributed by atoms with van der Waals surface area (Å²) in [5.41, 5.74) is 1.00. The SMILES string of the molecule is Cc1ccc(OC[C@@H](O)COc2ccc(C#N)cc2)c([N+](=O)[O-])n1. The standard InChI is InChI=1S/C16H15N3O5/c1-11-2-7-15(16(18-11)19(21)22)24-10-13(20)9-23-14-5-3-12(8-17)4-6-14/h2-7,13,20H,9-10H2,1H3/t13-/m0/s1. The molecule has 124 valence electrons. The lowest BCUT2D eigenvalue weighted by molar-refractivity contribution is -0.390. The Morgan fingerprint density at radius 2 is 1.92 bits per heavy atom. The molecule has 0 saturated heterocycles. The van der Waals surface area contributed by atoms with Crippen LogP contribution in [-0.2, 0) is 0 Å². The van der Waals surface area contributed by atoms with Gasteiger partial charge in [0.05, 0.1) is 11.6 Å². The third kappa shape index (κ3) is 4.66. The molecule has 1 atom stereocenters. The zero-order valence-corrected chi connectivity index (χ0v) is 12.9. The zero-order valence-electron chi connectivity index (χ0n) is 12.9. The number of nitro groups is 1. The average Bonchev–Trinajstić information content (AvgIpc) is 2.59. The minimum absolute atomic E-state index is 0.0111. The second kappa shape index (κ2) is 7.89. The summed E-state index contributed by atoms with van der Waals surface area (Å²) < 4.78 is 10.6. The van der Waals surface area contributed by atoms with E-state index >= 15 is 0 Å². The maximum Gasteiger partial charge on any atom is 0.406 e. The summed E-state index contributed by atoms with van der Waals surface area (Å²) in [6, 6.07) is 11.4. The lowest BCUT2D eigenvalue weighted by Crippen LogP contribution is -2.25. The van der Waals surface area contributed by atoms with E-state index in [1.54, 1.807) is 37.3 Å². The van der Waals surface area contributed by atoms with Crippen LogP contribution >= 0.6 is 0 Å². The van der Waals surface area contributed by atoms with Crippen LogP contribution in [0.15, 0.2) is 36.4 Å². The molecule has 1 N–H and O–H groups in total. The van der Waals surface area contributed by atoms with E-state index in [2.05, 4.69) is 4.98 Å².